The molecule has 5 heteroatoms. The molecule has 0 aliphatic heterocycles. The van der Waals surface area contributed by atoms with Gasteiger partial charge >= 0.3 is 0 Å². The molecule has 0 spiro atoms. The van der Waals surface area contributed by atoms with Gasteiger partial charge in [-0.25, -0.2) is 0 Å². The van der Waals surface area contributed by atoms with Gasteiger partial charge in [-0.2, -0.15) is 11.8 Å². The molecule has 1 aromatic rings. The molecule has 1 unspecified atom stereocenters. The third-order valence-electron chi connectivity index (χ3n) is 2.26. The number of hydrogen-bond acceptors (Lipinski definition) is 2. The van der Waals surface area contributed by atoms with Crippen molar-refractivity contribution in [2.75, 3.05) is 12.0 Å². The molecule has 2 nitrogen and oxygen atoms in total. The zero-order valence-electron chi connectivity index (χ0n) is 9.80. The third kappa shape index (κ3) is 5.32. The number of hydrogen-bond donors (Lipinski definition) is 1. The molecule has 1 amide bonds. The maximum Gasteiger partial charge on any atom is 0.251 e. The Bertz CT molecular complexity index is 380. The van der Waals surface area contributed by atoms with Crippen molar-refractivity contribution in [2.24, 2.45) is 0 Å². The molecule has 1 aromatic carbocycles. The second kappa shape index (κ2) is 7.29. The molecule has 0 aliphatic rings. The Morgan fingerprint density at radius 1 is 1.53 bits per heavy atom. The van der Waals surface area contributed by atoms with Crippen molar-refractivity contribution in [3.63, 3.8) is 0 Å². The summed E-state index contributed by atoms with van der Waals surface area (Å²) in [6, 6.07) is 5.37. The van der Waals surface area contributed by atoms with Crippen LogP contribution in [0.3, 0.4) is 0 Å². The summed E-state index contributed by atoms with van der Waals surface area (Å²) in [4.78, 5) is 11.9. The van der Waals surface area contributed by atoms with E-state index in [2.05, 4.69) is 27.5 Å². The van der Waals surface area contributed by atoms with E-state index >= 15 is 0 Å². The minimum Gasteiger partial charge on any atom is -0.350 e. The minimum atomic E-state index is -0.0817. The van der Waals surface area contributed by atoms with Crippen LogP contribution in [-0.4, -0.2) is 24.0 Å². The van der Waals surface area contributed by atoms with Crippen molar-refractivity contribution in [2.45, 2.75) is 19.4 Å². The number of benzene rings is 1. The highest BCUT2D eigenvalue weighted by molar-refractivity contribution is 9.10. The lowest BCUT2D eigenvalue weighted by atomic mass is 10.2. The van der Waals surface area contributed by atoms with Crippen LogP contribution in [0.1, 0.15) is 23.7 Å². The fraction of sp³-hybridized carbons (Fsp3) is 0.417. The van der Waals surface area contributed by atoms with Gasteiger partial charge in [0.1, 0.15) is 0 Å². The predicted molar refractivity (Wildman–Crippen MR) is 79.1 cm³/mol. The second-order valence-electron chi connectivity index (χ2n) is 3.81. The lowest BCUT2D eigenvalue weighted by Gasteiger charge is -2.13. The van der Waals surface area contributed by atoms with E-state index in [9.17, 15) is 4.79 Å². The summed E-state index contributed by atoms with van der Waals surface area (Å²) >= 11 is 11.0. The van der Waals surface area contributed by atoms with Crippen LogP contribution < -0.4 is 5.32 Å². The summed E-state index contributed by atoms with van der Waals surface area (Å²) in [7, 11) is 0. The highest BCUT2D eigenvalue weighted by Gasteiger charge is 2.10. The van der Waals surface area contributed by atoms with Gasteiger partial charge in [-0.3, -0.25) is 4.79 Å². The lowest BCUT2D eigenvalue weighted by Crippen LogP contribution is -2.32. The molecule has 0 fully saturated rings. The first-order valence-electron chi connectivity index (χ1n) is 5.29. The molecule has 1 rings (SSSR count). The average molecular weight is 337 g/mol. The Balaban J connectivity index is 2.63. The zero-order chi connectivity index (χ0) is 12.8. The van der Waals surface area contributed by atoms with Gasteiger partial charge in [0, 0.05) is 21.1 Å². The molecule has 0 heterocycles. The molecule has 0 bridgehead atoms. The highest BCUT2D eigenvalue weighted by Crippen LogP contribution is 2.19. The molecule has 0 aliphatic carbocycles. The van der Waals surface area contributed by atoms with Crippen molar-refractivity contribution < 1.29 is 4.79 Å². The summed E-state index contributed by atoms with van der Waals surface area (Å²) in [5, 5.41) is 3.51. The third-order valence-corrected chi connectivity index (χ3v) is 3.58. The van der Waals surface area contributed by atoms with Gasteiger partial charge in [0.25, 0.3) is 5.91 Å². The van der Waals surface area contributed by atoms with Crippen LogP contribution in [0, 0.1) is 0 Å². The summed E-state index contributed by atoms with van der Waals surface area (Å²) in [6.45, 7) is 2.01. The van der Waals surface area contributed by atoms with Gasteiger partial charge in [-0.1, -0.05) is 27.5 Å². The normalized spacial score (nSPS) is 12.2. The Morgan fingerprint density at radius 2 is 2.24 bits per heavy atom. The van der Waals surface area contributed by atoms with Crippen molar-refractivity contribution in [1.29, 1.82) is 0 Å². The van der Waals surface area contributed by atoms with Crippen LogP contribution in [0.15, 0.2) is 22.7 Å². The van der Waals surface area contributed by atoms with E-state index in [-0.39, 0.29) is 11.9 Å². The molecule has 94 valence electrons. The minimum absolute atomic E-state index is 0.0817. The first-order valence-corrected chi connectivity index (χ1v) is 7.85. The standard InChI is InChI=1S/C12H15BrClNOS/c1-8(3-4-17-2)15-12(16)9-5-10(13)7-11(14)6-9/h5-8H,3-4H2,1-2H3,(H,15,16). The van der Waals surface area contributed by atoms with E-state index in [1.54, 1.807) is 30.0 Å². The van der Waals surface area contributed by atoms with E-state index in [4.69, 9.17) is 11.6 Å². The monoisotopic (exact) mass is 335 g/mol. The molecule has 0 saturated heterocycles. The Morgan fingerprint density at radius 3 is 2.82 bits per heavy atom. The Hall–Kier alpha value is -0.190. The van der Waals surface area contributed by atoms with Crippen LogP contribution in [-0.2, 0) is 0 Å². The smallest absolute Gasteiger partial charge is 0.251 e. The molecule has 0 aromatic heterocycles. The molecular weight excluding hydrogens is 322 g/mol. The van der Waals surface area contributed by atoms with E-state index in [1.807, 2.05) is 6.92 Å². The summed E-state index contributed by atoms with van der Waals surface area (Å²) in [5.74, 6) is 0.961. The van der Waals surface area contributed by atoms with Crippen molar-refractivity contribution >= 4 is 45.2 Å². The number of carbonyl (C=O) groups excluding carboxylic acids is 1. The maximum absolute atomic E-state index is 11.9. The van der Waals surface area contributed by atoms with Crippen LogP contribution in [0.4, 0.5) is 0 Å². The fourth-order valence-corrected chi connectivity index (χ4v) is 2.81. The first-order chi connectivity index (χ1) is 8.02. The molecular formula is C12H15BrClNOS. The molecule has 0 radical (unpaired) electrons. The zero-order valence-corrected chi connectivity index (χ0v) is 13.0. The van der Waals surface area contributed by atoms with Gasteiger partial charge in [-0.15, -0.1) is 0 Å². The molecule has 17 heavy (non-hydrogen) atoms. The van der Waals surface area contributed by atoms with Crippen molar-refractivity contribution in [1.82, 2.24) is 5.32 Å². The number of carbonyl (C=O) groups is 1. The maximum atomic E-state index is 11.9. The fourth-order valence-electron chi connectivity index (χ4n) is 1.36. The van der Waals surface area contributed by atoms with Gasteiger partial charge in [0.15, 0.2) is 0 Å². The number of rotatable bonds is 5. The highest BCUT2D eigenvalue weighted by atomic mass is 79.9. The number of halogens is 2. The quantitative estimate of drug-likeness (QED) is 0.881. The molecule has 0 saturated carbocycles. The van der Waals surface area contributed by atoms with Gasteiger partial charge in [0.2, 0.25) is 0 Å². The van der Waals surface area contributed by atoms with Gasteiger partial charge < -0.3 is 5.32 Å². The first kappa shape index (κ1) is 14.9. The van der Waals surface area contributed by atoms with Crippen LogP contribution >= 0.6 is 39.3 Å². The molecule has 1 atom stereocenters. The van der Waals surface area contributed by atoms with Crippen LogP contribution in [0.5, 0.6) is 0 Å². The lowest BCUT2D eigenvalue weighted by molar-refractivity contribution is 0.0939. The SMILES string of the molecule is CSCCC(C)NC(=O)c1cc(Cl)cc(Br)c1. The largest absolute Gasteiger partial charge is 0.350 e. The summed E-state index contributed by atoms with van der Waals surface area (Å²) in [5.41, 5.74) is 0.584. The van der Waals surface area contributed by atoms with E-state index in [0.29, 0.717) is 10.6 Å². The van der Waals surface area contributed by atoms with E-state index in [1.165, 1.54) is 0 Å². The van der Waals surface area contributed by atoms with Crippen LogP contribution in [0.25, 0.3) is 0 Å². The number of nitrogens with one attached hydrogen (secondary N) is 1. The van der Waals surface area contributed by atoms with Crippen LogP contribution in [0.2, 0.25) is 5.02 Å². The van der Waals surface area contributed by atoms with E-state index < -0.39 is 0 Å². The van der Waals surface area contributed by atoms with Gasteiger partial charge in [-0.05, 0) is 43.6 Å². The average Bonchev–Trinajstić information content (AvgIpc) is 2.25. The summed E-state index contributed by atoms with van der Waals surface area (Å²) in [6.07, 6.45) is 3.03. The van der Waals surface area contributed by atoms with Gasteiger partial charge in [0.05, 0.1) is 0 Å². The predicted octanol–water partition coefficient (Wildman–Crippen LogP) is 3.97. The number of thioether (sulfide) groups is 1. The topological polar surface area (TPSA) is 29.1 Å². The molecule has 1 N–H and O–H groups in total. The van der Waals surface area contributed by atoms with E-state index in [0.717, 1.165) is 16.6 Å². The number of amides is 1. The Labute approximate surface area is 120 Å². The van der Waals surface area contributed by atoms with Crippen molar-refractivity contribution in [3.05, 3.63) is 33.3 Å². The summed E-state index contributed by atoms with van der Waals surface area (Å²) < 4.78 is 0.812. The second-order valence-corrected chi connectivity index (χ2v) is 6.15. The Kier molecular flexibility index (Phi) is 6.38. The van der Waals surface area contributed by atoms with Crippen molar-refractivity contribution in [3.8, 4) is 0 Å².